The van der Waals surface area contributed by atoms with Crippen molar-refractivity contribution in [3.8, 4) is 0 Å². The molecular weight excluding hydrogens is 132 g/mol. The van der Waals surface area contributed by atoms with Gasteiger partial charge in [-0.1, -0.05) is 41.0 Å². The van der Waals surface area contributed by atoms with Crippen molar-refractivity contribution in [2.75, 3.05) is 0 Å². The van der Waals surface area contributed by atoms with Crippen LogP contribution in [-0.2, 0) is 0 Å². The van der Waals surface area contributed by atoms with Crippen molar-refractivity contribution in [1.29, 1.82) is 0 Å². The molecule has 0 fully saturated rings. The summed E-state index contributed by atoms with van der Waals surface area (Å²) in [6.45, 7) is 15.5. The predicted octanol–water partition coefficient (Wildman–Crippen LogP) is 3.92. The summed E-state index contributed by atoms with van der Waals surface area (Å²) >= 11 is 0. The largest absolute Gasteiger partial charge is 0.0628 e. The molecule has 0 aliphatic heterocycles. The molecule has 0 aromatic carbocycles. The van der Waals surface area contributed by atoms with E-state index in [-0.39, 0.29) is 0 Å². The molecule has 1 unspecified atom stereocenters. The van der Waals surface area contributed by atoms with Crippen LogP contribution in [0.2, 0.25) is 0 Å². The van der Waals surface area contributed by atoms with Gasteiger partial charge in [-0.3, -0.25) is 0 Å². The first-order chi connectivity index (χ1) is 4.86. The van der Waals surface area contributed by atoms with Crippen LogP contribution in [0.15, 0.2) is 0 Å². The maximum atomic E-state index is 4.09. The first kappa shape index (κ1) is 11.0. The highest BCUT2D eigenvalue weighted by Gasteiger charge is 2.21. The van der Waals surface area contributed by atoms with Gasteiger partial charge in [0.2, 0.25) is 0 Å². The van der Waals surface area contributed by atoms with E-state index in [2.05, 4.69) is 41.5 Å². The van der Waals surface area contributed by atoms with Gasteiger partial charge in [0.15, 0.2) is 0 Å². The fourth-order valence-corrected chi connectivity index (χ4v) is 0.907. The molecule has 0 saturated carbocycles. The Labute approximate surface area is 72.4 Å². The number of hydrogen-bond donors (Lipinski definition) is 0. The molecule has 0 amide bonds. The lowest BCUT2D eigenvalue weighted by Gasteiger charge is -2.29. The fourth-order valence-electron chi connectivity index (χ4n) is 0.907. The van der Waals surface area contributed by atoms with Gasteiger partial charge < -0.3 is 0 Å². The average molecular weight is 155 g/mol. The van der Waals surface area contributed by atoms with Crippen LogP contribution in [0, 0.1) is 24.2 Å². The van der Waals surface area contributed by atoms with Gasteiger partial charge in [0.25, 0.3) is 0 Å². The van der Waals surface area contributed by atoms with E-state index in [0.29, 0.717) is 11.3 Å². The molecule has 0 aliphatic rings. The molecule has 0 aromatic rings. The molecule has 1 radical (unpaired) electrons. The highest BCUT2D eigenvalue weighted by molar-refractivity contribution is 4.76. The lowest BCUT2D eigenvalue weighted by Crippen LogP contribution is -2.19. The third-order valence-corrected chi connectivity index (χ3v) is 2.70. The van der Waals surface area contributed by atoms with Crippen LogP contribution in [0.3, 0.4) is 0 Å². The van der Waals surface area contributed by atoms with Crippen LogP contribution in [0.1, 0.15) is 47.5 Å². The van der Waals surface area contributed by atoms with Gasteiger partial charge in [0.1, 0.15) is 0 Å². The minimum atomic E-state index is 0.421. The normalized spacial score (nSPS) is 13.1. The van der Waals surface area contributed by atoms with E-state index in [0.717, 1.165) is 5.92 Å². The summed E-state index contributed by atoms with van der Waals surface area (Å²) in [5.74, 6) is 1.38. The Morgan fingerprint density at radius 1 is 1.18 bits per heavy atom. The zero-order chi connectivity index (χ0) is 9.07. The van der Waals surface area contributed by atoms with Gasteiger partial charge in [0, 0.05) is 0 Å². The summed E-state index contributed by atoms with van der Waals surface area (Å²) in [7, 11) is 0. The van der Waals surface area contributed by atoms with Gasteiger partial charge in [-0.05, 0) is 30.6 Å². The molecule has 0 saturated heterocycles. The van der Waals surface area contributed by atoms with Gasteiger partial charge in [-0.2, -0.15) is 0 Å². The first-order valence-corrected chi connectivity index (χ1v) is 4.69. The Morgan fingerprint density at radius 3 is 1.91 bits per heavy atom. The zero-order valence-electron chi connectivity index (χ0n) is 8.78. The highest BCUT2D eigenvalue weighted by atomic mass is 14.3. The van der Waals surface area contributed by atoms with E-state index >= 15 is 0 Å². The second kappa shape index (κ2) is 4.13. The summed E-state index contributed by atoms with van der Waals surface area (Å²) < 4.78 is 0. The fraction of sp³-hybridized carbons (Fsp3) is 0.909. The van der Waals surface area contributed by atoms with E-state index in [1.807, 2.05) is 0 Å². The third kappa shape index (κ3) is 4.44. The van der Waals surface area contributed by atoms with Crippen molar-refractivity contribution in [3.05, 3.63) is 6.92 Å². The summed E-state index contributed by atoms with van der Waals surface area (Å²) in [5.41, 5.74) is 0.421. The van der Waals surface area contributed by atoms with Crippen molar-refractivity contribution in [2.24, 2.45) is 17.3 Å². The minimum Gasteiger partial charge on any atom is -0.0628 e. The third-order valence-electron chi connectivity index (χ3n) is 2.70. The zero-order valence-corrected chi connectivity index (χ0v) is 8.78. The van der Waals surface area contributed by atoms with E-state index in [9.17, 15) is 0 Å². The van der Waals surface area contributed by atoms with Crippen molar-refractivity contribution in [1.82, 2.24) is 0 Å². The van der Waals surface area contributed by atoms with Crippen molar-refractivity contribution in [3.63, 3.8) is 0 Å². The van der Waals surface area contributed by atoms with Crippen LogP contribution in [0.25, 0.3) is 0 Å². The van der Waals surface area contributed by atoms with Crippen LogP contribution in [0.4, 0.5) is 0 Å². The van der Waals surface area contributed by atoms with Crippen molar-refractivity contribution < 1.29 is 0 Å². The molecule has 0 heteroatoms. The highest BCUT2D eigenvalue weighted by Crippen LogP contribution is 2.32. The predicted molar refractivity (Wildman–Crippen MR) is 52.4 cm³/mol. The van der Waals surface area contributed by atoms with Gasteiger partial charge in [-0.15, -0.1) is 0 Å². The summed E-state index contributed by atoms with van der Waals surface area (Å²) in [6, 6.07) is 0. The summed E-state index contributed by atoms with van der Waals surface area (Å²) in [4.78, 5) is 0. The average Bonchev–Trinajstić information content (AvgIpc) is 1.84. The molecule has 67 valence electrons. The molecular formula is C11H23. The van der Waals surface area contributed by atoms with Crippen LogP contribution < -0.4 is 0 Å². The topological polar surface area (TPSA) is 0 Å². The molecule has 0 rings (SSSR count). The van der Waals surface area contributed by atoms with E-state index < -0.39 is 0 Å². The maximum absolute atomic E-state index is 4.09. The van der Waals surface area contributed by atoms with Gasteiger partial charge >= 0.3 is 0 Å². The molecule has 0 bridgehead atoms. The Kier molecular flexibility index (Phi) is 4.13. The second-order valence-electron chi connectivity index (χ2n) is 4.82. The van der Waals surface area contributed by atoms with Gasteiger partial charge in [-0.25, -0.2) is 0 Å². The van der Waals surface area contributed by atoms with Crippen LogP contribution >= 0.6 is 0 Å². The lowest BCUT2D eigenvalue weighted by molar-refractivity contribution is 0.233. The first-order valence-electron chi connectivity index (χ1n) is 4.69. The minimum absolute atomic E-state index is 0.421. The second-order valence-corrected chi connectivity index (χ2v) is 4.82. The van der Waals surface area contributed by atoms with E-state index in [4.69, 9.17) is 0 Å². The molecule has 1 atom stereocenters. The SMILES string of the molecule is [CH2]C(C)C(C)(C)CCC(C)C. The Bertz CT molecular complexity index is 98.6. The molecule has 0 spiro atoms. The number of rotatable bonds is 4. The smallest absolute Gasteiger partial charge is 0.0328 e. The Balaban J connectivity index is 3.73. The monoisotopic (exact) mass is 155 g/mol. The van der Waals surface area contributed by atoms with Crippen molar-refractivity contribution in [2.45, 2.75) is 47.5 Å². The number of hydrogen-bond acceptors (Lipinski definition) is 0. The van der Waals surface area contributed by atoms with E-state index in [1.165, 1.54) is 12.8 Å². The van der Waals surface area contributed by atoms with Crippen LogP contribution in [-0.4, -0.2) is 0 Å². The molecule has 0 N–H and O–H groups in total. The Morgan fingerprint density at radius 2 is 1.64 bits per heavy atom. The molecule has 0 aromatic heterocycles. The molecule has 0 nitrogen and oxygen atoms in total. The molecule has 0 aliphatic carbocycles. The maximum Gasteiger partial charge on any atom is -0.0328 e. The van der Waals surface area contributed by atoms with Crippen molar-refractivity contribution >= 4 is 0 Å². The summed E-state index contributed by atoms with van der Waals surface area (Å²) in [5, 5.41) is 0. The van der Waals surface area contributed by atoms with Gasteiger partial charge in [0.05, 0.1) is 0 Å². The molecule has 11 heavy (non-hydrogen) atoms. The standard InChI is InChI=1S/C11H23/c1-9(2)7-8-11(5,6)10(3)4/h9-10H,3,7-8H2,1-2,4-6H3. The van der Waals surface area contributed by atoms with E-state index in [1.54, 1.807) is 0 Å². The molecule has 0 heterocycles. The summed E-state index contributed by atoms with van der Waals surface area (Å²) in [6.07, 6.45) is 2.63. The quantitative estimate of drug-likeness (QED) is 0.577. The lowest BCUT2D eigenvalue weighted by atomic mass is 9.76. The van der Waals surface area contributed by atoms with Crippen LogP contribution in [0.5, 0.6) is 0 Å². The Hall–Kier alpha value is 0.